The molecule has 2 atom stereocenters. The molecule has 3 N–H and O–H groups in total. The quantitative estimate of drug-likeness (QED) is 0.616. The zero-order valence-electron chi connectivity index (χ0n) is 10.2. The number of hydrogen-bond acceptors (Lipinski definition) is 5. The van der Waals surface area contributed by atoms with E-state index in [4.69, 9.17) is 9.84 Å². The lowest BCUT2D eigenvalue weighted by Gasteiger charge is -2.30. The van der Waals surface area contributed by atoms with Gasteiger partial charge in [-0.15, -0.1) is 0 Å². The molecule has 18 heavy (non-hydrogen) atoms. The van der Waals surface area contributed by atoms with Crippen molar-refractivity contribution >= 4 is 0 Å². The van der Waals surface area contributed by atoms with E-state index >= 15 is 0 Å². The van der Waals surface area contributed by atoms with Crippen LogP contribution < -0.4 is 16.6 Å². The van der Waals surface area contributed by atoms with Crippen molar-refractivity contribution in [1.29, 1.82) is 0 Å². The van der Waals surface area contributed by atoms with E-state index in [0.29, 0.717) is 25.1 Å². The highest BCUT2D eigenvalue weighted by Crippen LogP contribution is 2.12. The van der Waals surface area contributed by atoms with Crippen LogP contribution in [0.2, 0.25) is 0 Å². The van der Waals surface area contributed by atoms with Gasteiger partial charge in [0.25, 0.3) is 5.56 Å². The number of morpholine rings is 1. The first kappa shape index (κ1) is 13.0. The summed E-state index contributed by atoms with van der Waals surface area (Å²) < 4.78 is 6.93. The number of H-pyrrole nitrogens is 1. The van der Waals surface area contributed by atoms with Crippen molar-refractivity contribution in [1.82, 2.24) is 14.9 Å². The average Bonchev–Trinajstić information content (AvgIpc) is 2.39. The fraction of sp³-hybridized carbons (Fsp3) is 0.636. The Kier molecular flexibility index (Phi) is 3.95. The lowest BCUT2D eigenvalue weighted by molar-refractivity contribution is -0.0968. The lowest BCUT2D eigenvalue weighted by Crippen LogP contribution is -2.47. The molecule has 1 fully saturated rings. The van der Waals surface area contributed by atoms with E-state index in [-0.39, 0.29) is 18.3 Å². The summed E-state index contributed by atoms with van der Waals surface area (Å²) in [5.41, 5.74) is -0.326. The highest BCUT2D eigenvalue weighted by Gasteiger charge is 2.23. The minimum atomic E-state index is -0.509. The SMILES string of the molecule is CCc1cn(C2CNCC(CO)O2)c(=O)[nH]c1=O. The summed E-state index contributed by atoms with van der Waals surface area (Å²) in [5.74, 6) is 0. The molecular weight excluding hydrogens is 238 g/mol. The third kappa shape index (κ3) is 2.53. The maximum absolute atomic E-state index is 11.7. The second kappa shape index (κ2) is 5.47. The van der Waals surface area contributed by atoms with Crippen LogP contribution >= 0.6 is 0 Å². The number of aromatic amines is 1. The molecule has 0 saturated carbocycles. The smallest absolute Gasteiger partial charge is 0.330 e. The Balaban J connectivity index is 2.32. The number of nitrogens with one attached hydrogen (secondary N) is 2. The molecule has 0 amide bonds. The zero-order valence-corrected chi connectivity index (χ0v) is 10.2. The van der Waals surface area contributed by atoms with Crippen molar-refractivity contribution in [2.24, 2.45) is 0 Å². The zero-order chi connectivity index (χ0) is 13.1. The largest absolute Gasteiger partial charge is 0.394 e. The number of ether oxygens (including phenoxy) is 1. The number of hydrogen-bond donors (Lipinski definition) is 3. The van der Waals surface area contributed by atoms with Gasteiger partial charge in [0.2, 0.25) is 0 Å². The Labute approximate surface area is 103 Å². The summed E-state index contributed by atoms with van der Waals surface area (Å²) in [6.07, 6.45) is 1.21. The fourth-order valence-electron chi connectivity index (χ4n) is 1.95. The molecule has 1 aliphatic rings. The van der Waals surface area contributed by atoms with E-state index in [0.717, 1.165) is 0 Å². The molecule has 0 radical (unpaired) electrons. The first-order valence-corrected chi connectivity index (χ1v) is 5.97. The van der Waals surface area contributed by atoms with Crippen LogP contribution in [0.1, 0.15) is 18.7 Å². The predicted octanol–water partition coefficient (Wildman–Crippen LogP) is -1.42. The Hall–Kier alpha value is -1.44. The molecule has 1 aromatic rings. The summed E-state index contributed by atoms with van der Waals surface area (Å²) in [5, 5.41) is 12.1. The van der Waals surface area contributed by atoms with Crippen molar-refractivity contribution < 1.29 is 9.84 Å². The van der Waals surface area contributed by atoms with E-state index in [9.17, 15) is 9.59 Å². The topological polar surface area (TPSA) is 96.3 Å². The minimum absolute atomic E-state index is 0.109. The van der Waals surface area contributed by atoms with E-state index < -0.39 is 11.9 Å². The van der Waals surface area contributed by atoms with Gasteiger partial charge >= 0.3 is 5.69 Å². The lowest BCUT2D eigenvalue weighted by atomic mass is 10.2. The van der Waals surface area contributed by atoms with Gasteiger partial charge in [0.15, 0.2) is 6.23 Å². The van der Waals surface area contributed by atoms with Gasteiger partial charge in [-0.1, -0.05) is 6.92 Å². The van der Waals surface area contributed by atoms with E-state index in [1.807, 2.05) is 6.92 Å². The minimum Gasteiger partial charge on any atom is -0.394 e. The van der Waals surface area contributed by atoms with Crippen LogP contribution in [0.25, 0.3) is 0 Å². The van der Waals surface area contributed by atoms with Crippen LogP contribution in [0, 0.1) is 0 Å². The summed E-state index contributed by atoms with van der Waals surface area (Å²) in [7, 11) is 0. The Morgan fingerprint density at radius 1 is 1.50 bits per heavy atom. The normalized spacial score (nSPS) is 24.1. The van der Waals surface area contributed by atoms with E-state index in [1.54, 1.807) is 0 Å². The average molecular weight is 255 g/mol. The number of aliphatic hydroxyl groups excluding tert-OH is 1. The molecule has 2 rings (SSSR count). The Bertz CT molecular complexity index is 522. The number of aryl methyl sites for hydroxylation is 1. The van der Waals surface area contributed by atoms with Crippen molar-refractivity contribution in [3.8, 4) is 0 Å². The molecule has 1 aromatic heterocycles. The maximum atomic E-state index is 11.7. The van der Waals surface area contributed by atoms with Gasteiger partial charge in [-0.05, 0) is 6.42 Å². The number of rotatable bonds is 3. The van der Waals surface area contributed by atoms with Gasteiger partial charge in [0.1, 0.15) is 0 Å². The molecule has 2 heterocycles. The van der Waals surface area contributed by atoms with Crippen molar-refractivity contribution in [3.63, 3.8) is 0 Å². The van der Waals surface area contributed by atoms with Gasteiger partial charge in [0.05, 0.1) is 12.7 Å². The summed E-state index contributed by atoms with van der Waals surface area (Å²) in [6, 6.07) is 0. The molecule has 0 spiro atoms. The summed E-state index contributed by atoms with van der Waals surface area (Å²) >= 11 is 0. The summed E-state index contributed by atoms with van der Waals surface area (Å²) in [4.78, 5) is 25.5. The Morgan fingerprint density at radius 3 is 2.94 bits per heavy atom. The van der Waals surface area contributed by atoms with Crippen LogP contribution in [0.4, 0.5) is 0 Å². The molecule has 0 aliphatic carbocycles. The van der Waals surface area contributed by atoms with Crippen LogP contribution in [0.3, 0.4) is 0 Å². The number of aliphatic hydroxyl groups is 1. The third-order valence-electron chi connectivity index (χ3n) is 2.98. The van der Waals surface area contributed by atoms with Crippen molar-refractivity contribution in [2.45, 2.75) is 25.7 Å². The second-order valence-electron chi connectivity index (χ2n) is 4.23. The maximum Gasteiger partial charge on any atom is 0.330 e. The molecule has 0 aromatic carbocycles. The predicted molar refractivity (Wildman–Crippen MR) is 64.6 cm³/mol. The highest BCUT2D eigenvalue weighted by atomic mass is 16.5. The van der Waals surface area contributed by atoms with E-state index in [1.165, 1.54) is 10.8 Å². The number of nitrogens with zero attached hydrogens (tertiary/aromatic N) is 1. The van der Waals surface area contributed by atoms with Crippen molar-refractivity contribution in [2.75, 3.05) is 19.7 Å². The molecule has 7 heteroatoms. The Morgan fingerprint density at radius 2 is 2.28 bits per heavy atom. The molecule has 100 valence electrons. The van der Waals surface area contributed by atoms with Gasteiger partial charge in [-0.2, -0.15) is 0 Å². The fourth-order valence-corrected chi connectivity index (χ4v) is 1.95. The molecule has 0 bridgehead atoms. The monoisotopic (exact) mass is 255 g/mol. The van der Waals surface area contributed by atoms with Gasteiger partial charge in [-0.25, -0.2) is 4.79 Å². The molecule has 7 nitrogen and oxygen atoms in total. The van der Waals surface area contributed by atoms with Crippen LogP contribution in [0.15, 0.2) is 15.8 Å². The summed E-state index contributed by atoms with van der Waals surface area (Å²) in [6.45, 7) is 2.75. The first-order valence-electron chi connectivity index (χ1n) is 5.97. The molecule has 1 saturated heterocycles. The standard InChI is InChI=1S/C11H17N3O4/c1-2-7-5-14(11(17)13-10(7)16)9-4-12-3-8(6-15)18-9/h5,8-9,12,15H,2-4,6H2,1H3,(H,13,16,17). The molecular formula is C11H17N3O4. The van der Waals surface area contributed by atoms with E-state index in [2.05, 4.69) is 10.3 Å². The van der Waals surface area contributed by atoms with Crippen LogP contribution in [0.5, 0.6) is 0 Å². The van der Waals surface area contributed by atoms with Gasteiger partial charge < -0.3 is 15.2 Å². The second-order valence-corrected chi connectivity index (χ2v) is 4.23. The third-order valence-corrected chi connectivity index (χ3v) is 2.98. The van der Waals surface area contributed by atoms with Crippen LogP contribution in [-0.2, 0) is 11.2 Å². The highest BCUT2D eigenvalue weighted by molar-refractivity contribution is 5.04. The van der Waals surface area contributed by atoms with Crippen LogP contribution in [-0.4, -0.2) is 40.5 Å². The molecule has 2 unspecified atom stereocenters. The first-order chi connectivity index (χ1) is 8.65. The molecule has 1 aliphatic heterocycles. The van der Waals surface area contributed by atoms with Gasteiger partial charge in [0, 0.05) is 24.8 Å². The number of aromatic nitrogens is 2. The van der Waals surface area contributed by atoms with Crippen molar-refractivity contribution in [3.05, 3.63) is 32.6 Å². The van der Waals surface area contributed by atoms with Gasteiger partial charge in [-0.3, -0.25) is 14.3 Å².